The highest BCUT2D eigenvalue weighted by atomic mass is 35.5. The molecule has 16 nitrogen and oxygen atoms in total. The molecule has 2 N–H and O–H groups in total. The average Bonchev–Trinajstić information content (AvgIpc) is 3.81. The molecule has 17 heteroatoms. The number of piperidine rings is 3. The number of carbonyl (C=O) groups is 5. The Labute approximate surface area is 346 Å². The summed E-state index contributed by atoms with van der Waals surface area (Å²) in [5.41, 5.74) is 2.15. The minimum atomic E-state index is -0.970. The maximum absolute atomic E-state index is 13.3. The molecule has 1 spiro atoms. The number of hydrogen-bond acceptors (Lipinski definition) is 12. The topological polar surface area (TPSA) is 175 Å². The lowest BCUT2D eigenvalue weighted by molar-refractivity contribution is -0.136. The van der Waals surface area contributed by atoms with Gasteiger partial charge in [0.1, 0.15) is 11.8 Å². The third kappa shape index (κ3) is 7.85. The van der Waals surface area contributed by atoms with Gasteiger partial charge in [0.25, 0.3) is 17.8 Å². The molecule has 1 saturated carbocycles. The Kier molecular flexibility index (Phi) is 10.5. The number of nitrogens with one attached hydrogen (secondary N) is 2. The van der Waals surface area contributed by atoms with Crippen molar-refractivity contribution in [2.45, 2.75) is 82.4 Å². The molecule has 3 aromatic rings. The highest BCUT2D eigenvalue weighted by Crippen LogP contribution is 2.44. The quantitative estimate of drug-likeness (QED) is 0.227. The van der Waals surface area contributed by atoms with Crippen molar-refractivity contribution >= 4 is 58.5 Å². The highest BCUT2D eigenvalue weighted by Gasteiger charge is 2.47. The number of ether oxygens (including phenoxy) is 1. The summed E-state index contributed by atoms with van der Waals surface area (Å²) < 4.78 is 11.5. The van der Waals surface area contributed by atoms with Gasteiger partial charge in [-0.15, -0.1) is 0 Å². The Bertz CT molecular complexity index is 2210. The molecule has 0 bridgehead atoms. The van der Waals surface area contributed by atoms with Crippen molar-refractivity contribution in [3.05, 3.63) is 69.9 Å². The largest absolute Gasteiger partial charge is 0.490 e. The molecule has 59 heavy (non-hydrogen) atoms. The van der Waals surface area contributed by atoms with Gasteiger partial charge in [-0.2, -0.15) is 4.98 Å². The fraction of sp³-hybridized carbons (Fsp3) is 0.524. The average molecular weight is 824 g/mol. The smallest absolute Gasteiger partial charge is 0.317 e. The van der Waals surface area contributed by atoms with Gasteiger partial charge in [0, 0.05) is 56.3 Å². The summed E-state index contributed by atoms with van der Waals surface area (Å²) in [5, 5.41) is 9.81. The first kappa shape index (κ1) is 39.0. The number of amides is 5. The number of anilines is 2. The number of imide groups is 2. The molecule has 5 fully saturated rings. The molecule has 0 radical (unpaired) electrons. The zero-order chi connectivity index (χ0) is 40.8. The second-order valence-electron chi connectivity index (χ2n) is 17.0. The third-order valence-corrected chi connectivity index (χ3v) is 13.4. The van der Waals surface area contributed by atoms with E-state index in [2.05, 4.69) is 40.3 Å². The number of carbonyl (C=O) groups excluding carboxylic acids is 5. The van der Waals surface area contributed by atoms with Crippen LogP contribution < -0.4 is 25.2 Å². The number of aromatic nitrogens is 2. The van der Waals surface area contributed by atoms with E-state index in [1.165, 1.54) is 0 Å². The number of rotatable bonds is 9. The highest BCUT2D eigenvalue weighted by molar-refractivity contribution is 6.33. The number of halogens is 1. The Morgan fingerprint density at radius 1 is 0.932 bits per heavy atom. The van der Waals surface area contributed by atoms with Crippen LogP contribution in [0.4, 0.5) is 17.3 Å². The first-order valence-corrected chi connectivity index (χ1v) is 21.0. The molecule has 4 saturated heterocycles. The summed E-state index contributed by atoms with van der Waals surface area (Å²) in [6.07, 6.45) is 7.52. The fourth-order valence-corrected chi connectivity index (χ4v) is 9.87. The minimum Gasteiger partial charge on any atom is -0.490 e. The van der Waals surface area contributed by atoms with E-state index in [1.54, 1.807) is 30.3 Å². The molecule has 2 aromatic carbocycles. The molecule has 308 valence electrons. The predicted molar refractivity (Wildman–Crippen MR) is 215 cm³/mol. The van der Waals surface area contributed by atoms with Crippen LogP contribution in [0.15, 0.2) is 40.9 Å². The molecule has 5 amide bonds. The second-order valence-corrected chi connectivity index (χ2v) is 17.4. The van der Waals surface area contributed by atoms with E-state index in [0.717, 1.165) is 108 Å². The predicted octanol–water partition coefficient (Wildman–Crippen LogP) is 4.61. The van der Waals surface area contributed by atoms with Crippen LogP contribution in [0.3, 0.4) is 0 Å². The summed E-state index contributed by atoms with van der Waals surface area (Å²) in [6, 6.07) is 9.47. The number of hydrogen-bond donors (Lipinski definition) is 2. The first-order valence-electron chi connectivity index (χ1n) is 20.6. The zero-order valence-electron chi connectivity index (χ0n) is 32.7. The molecule has 1 aliphatic carbocycles. The lowest BCUT2D eigenvalue weighted by atomic mass is 9.71. The Morgan fingerprint density at radius 2 is 1.68 bits per heavy atom. The summed E-state index contributed by atoms with van der Waals surface area (Å²) in [4.78, 5) is 79.3. The van der Waals surface area contributed by atoms with E-state index >= 15 is 0 Å². The normalized spacial score (nSPS) is 24.7. The van der Waals surface area contributed by atoms with E-state index < -0.39 is 29.7 Å². The molecular formula is C42H46ClN9O7. The Hall–Kier alpha value is -5.53. The van der Waals surface area contributed by atoms with Gasteiger partial charge in [-0.05, 0) is 112 Å². The molecule has 5 aliphatic heterocycles. The van der Waals surface area contributed by atoms with Gasteiger partial charge < -0.3 is 29.3 Å². The van der Waals surface area contributed by atoms with Gasteiger partial charge in [0.05, 0.1) is 28.8 Å². The van der Waals surface area contributed by atoms with Crippen molar-refractivity contribution in [1.82, 2.24) is 30.6 Å². The van der Waals surface area contributed by atoms with Crippen molar-refractivity contribution in [3.8, 4) is 5.75 Å². The standard InChI is InChI=1S/C42H46ClN9O7/c1-44-33-9-7-29(21-32(33)43)58-28-5-2-26(3-6-28)45-37(55)38-47-41(48-59-38)50-16-12-25(13-17-50)22-49-18-14-42(15-19-49)23-51(24-42)27-4-8-30-31(20-27)40(57)52(39(30)56)34-10-11-35(53)46-36(34)54/h4,7-9,20-21,25-26,28,34H,2-3,5-6,10-19,22-24H2,(H,45,55)(H,46,53,54). The van der Waals surface area contributed by atoms with Crippen LogP contribution in [0.25, 0.3) is 4.85 Å². The molecule has 6 heterocycles. The van der Waals surface area contributed by atoms with Gasteiger partial charge >= 0.3 is 11.8 Å². The monoisotopic (exact) mass is 823 g/mol. The van der Waals surface area contributed by atoms with Gasteiger partial charge in [-0.25, -0.2) is 4.85 Å². The van der Waals surface area contributed by atoms with Crippen molar-refractivity contribution in [2.24, 2.45) is 11.3 Å². The SMILES string of the molecule is [C-]#[N+]c1ccc(OC2CCC(NC(=O)c3nc(N4CCC(CN5CCC6(CC5)CN(c5ccc7c(c5)C(=O)N(C5CCC(=O)NC5=O)C7=O)C6)CC4)no3)CC2)cc1Cl. The maximum atomic E-state index is 13.3. The van der Waals surface area contributed by atoms with Crippen LogP contribution in [0, 0.1) is 17.9 Å². The molecule has 1 atom stereocenters. The Balaban J connectivity index is 0.687. The van der Waals surface area contributed by atoms with Crippen molar-refractivity contribution in [2.75, 3.05) is 55.6 Å². The van der Waals surface area contributed by atoms with E-state index in [4.69, 9.17) is 27.4 Å². The Morgan fingerprint density at radius 3 is 2.39 bits per heavy atom. The minimum absolute atomic E-state index is 0.00799. The fourth-order valence-electron chi connectivity index (χ4n) is 9.66. The van der Waals surface area contributed by atoms with Crippen LogP contribution in [0.1, 0.15) is 95.6 Å². The van der Waals surface area contributed by atoms with Crippen LogP contribution in [0.2, 0.25) is 5.02 Å². The summed E-state index contributed by atoms with van der Waals surface area (Å²) in [6.45, 7) is 13.7. The lowest BCUT2D eigenvalue weighted by Crippen LogP contribution is -2.60. The lowest BCUT2D eigenvalue weighted by Gasteiger charge is -2.55. The van der Waals surface area contributed by atoms with E-state index in [1.807, 2.05) is 6.07 Å². The van der Waals surface area contributed by atoms with Crippen molar-refractivity contribution < 1.29 is 33.2 Å². The summed E-state index contributed by atoms with van der Waals surface area (Å²) in [5.74, 6) is -0.694. The van der Waals surface area contributed by atoms with Gasteiger partial charge in [-0.3, -0.25) is 34.2 Å². The molecule has 9 rings (SSSR count). The summed E-state index contributed by atoms with van der Waals surface area (Å²) >= 11 is 6.16. The van der Waals surface area contributed by atoms with Crippen molar-refractivity contribution in [3.63, 3.8) is 0 Å². The van der Waals surface area contributed by atoms with Gasteiger partial charge in [0.2, 0.25) is 17.5 Å². The van der Waals surface area contributed by atoms with Gasteiger partial charge in [-0.1, -0.05) is 17.7 Å². The van der Waals surface area contributed by atoms with Crippen LogP contribution >= 0.6 is 11.6 Å². The van der Waals surface area contributed by atoms with Crippen LogP contribution in [0.5, 0.6) is 5.75 Å². The van der Waals surface area contributed by atoms with E-state index in [-0.39, 0.29) is 42.2 Å². The van der Waals surface area contributed by atoms with Crippen LogP contribution in [-0.4, -0.2) is 113 Å². The molecule has 1 aromatic heterocycles. The van der Waals surface area contributed by atoms with E-state index in [0.29, 0.717) is 39.5 Å². The number of likely N-dealkylation sites (tertiary alicyclic amines) is 1. The van der Waals surface area contributed by atoms with Crippen molar-refractivity contribution in [1.29, 1.82) is 0 Å². The molecule has 6 aliphatic rings. The zero-order valence-corrected chi connectivity index (χ0v) is 33.4. The van der Waals surface area contributed by atoms with E-state index in [9.17, 15) is 24.0 Å². The first-order chi connectivity index (χ1) is 28.5. The van der Waals surface area contributed by atoms with Crippen LogP contribution in [-0.2, 0) is 9.59 Å². The number of nitrogens with zero attached hydrogens (tertiary/aromatic N) is 7. The molecular weight excluding hydrogens is 778 g/mol. The maximum Gasteiger partial charge on any atom is 0.317 e. The summed E-state index contributed by atoms with van der Waals surface area (Å²) in [7, 11) is 0. The third-order valence-electron chi connectivity index (χ3n) is 13.1. The number of fused-ring (bicyclic) bond motifs is 1. The molecule has 1 unspecified atom stereocenters. The second kappa shape index (κ2) is 15.9. The number of benzene rings is 2. The van der Waals surface area contributed by atoms with Gasteiger partial charge in [0.15, 0.2) is 0 Å².